The van der Waals surface area contributed by atoms with E-state index in [9.17, 15) is 18.0 Å². The molecule has 0 bridgehead atoms. The van der Waals surface area contributed by atoms with Gasteiger partial charge in [-0.1, -0.05) is 25.0 Å². The molecule has 0 unspecified atom stereocenters. The van der Waals surface area contributed by atoms with Crippen molar-refractivity contribution < 1.29 is 18.0 Å². The molecular weight excluding hydrogens is 342 g/mol. The summed E-state index contributed by atoms with van der Waals surface area (Å²) in [6, 6.07) is 6.91. The first-order valence-corrected chi connectivity index (χ1v) is 10.1. The van der Waals surface area contributed by atoms with Crippen LogP contribution >= 0.6 is 0 Å². The SMILES string of the molecule is O=C1CC(c2ccc(NS(=O)(=O)N3CCCCCC3)cc2)CC(=O)N1. The second kappa shape index (κ2) is 7.53. The highest BCUT2D eigenvalue weighted by molar-refractivity contribution is 7.90. The molecule has 0 aromatic heterocycles. The van der Waals surface area contributed by atoms with Gasteiger partial charge in [0.2, 0.25) is 11.8 Å². The number of hydrogen-bond donors (Lipinski definition) is 2. The molecule has 2 aliphatic rings. The summed E-state index contributed by atoms with van der Waals surface area (Å²) in [7, 11) is -3.55. The van der Waals surface area contributed by atoms with E-state index >= 15 is 0 Å². The maximum Gasteiger partial charge on any atom is 0.301 e. The molecule has 8 heteroatoms. The Bertz CT molecular complexity index is 722. The maximum absolute atomic E-state index is 12.5. The maximum atomic E-state index is 12.5. The Hall–Kier alpha value is -1.93. The molecule has 1 aromatic rings. The number of benzene rings is 1. The predicted molar refractivity (Wildman–Crippen MR) is 94.2 cm³/mol. The highest BCUT2D eigenvalue weighted by atomic mass is 32.2. The molecule has 2 saturated heterocycles. The number of rotatable bonds is 4. The topological polar surface area (TPSA) is 95.6 Å². The van der Waals surface area contributed by atoms with Crippen molar-refractivity contribution in [2.75, 3.05) is 17.8 Å². The fourth-order valence-electron chi connectivity index (χ4n) is 3.33. The minimum atomic E-state index is -3.55. The van der Waals surface area contributed by atoms with Crippen LogP contribution in [0.5, 0.6) is 0 Å². The molecule has 0 radical (unpaired) electrons. The first-order valence-electron chi connectivity index (χ1n) is 8.64. The summed E-state index contributed by atoms with van der Waals surface area (Å²) in [5.41, 5.74) is 1.35. The van der Waals surface area contributed by atoms with Gasteiger partial charge in [0.25, 0.3) is 0 Å². The molecule has 2 fully saturated rings. The summed E-state index contributed by atoms with van der Waals surface area (Å²) in [4.78, 5) is 23.0. The Morgan fingerprint density at radius 3 is 2.04 bits per heavy atom. The van der Waals surface area contributed by atoms with E-state index in [1.165, 1.54) is 4.31 Å². The zero-order valence-corrected chi connectivity index (χ0v) is 14.8. The molecule has 25 heavy (non-hydrogen) atoms. The number of hydrogen-bond acceptors (Lipinski definition) is 4. The first kappa shape index (κ1) is 17.9. The fourth-order valence-corrected chi connectivity index (χ4v) is 4.63. The monoisotopic (exact) mass is 365 g/mol. The first-order chi connectivity index (χ1) is 11.9. The smallest absolute Gasteiger partial charge is 0.296 e. The molecule has 2 N–H and O–H groups in total. The second-order valence-corrected chi connectivity index (χ2v) is 8.29. The summed E-state index contributed by atoms with van der Waals surface area (Å²) in [5, 5.41) is 2.29. The summed E-state index contributed by atoms with van der Waals surface area (Å²) in [6.07, 6.45) is 4.44. The predicted octanol–water partition coefficient (Wildman–Crippen LogP) is 1.74. The van der Waals surface area contributed by atoms with Crippen LogP contribution in [0.15, 0.2) is 24.3 Å². The quantitative estimate of drug-likeness (QED) is 0.795. The van der Waals surface area contributed by atoms with Crippen molar-refractivity contribution in [3.8, 4) is 0 Å². The zero-order valence-electron chi connectivity index (χ0n) is 14.0. The lowest BCUT2D eigenvalue weighted by atomic mass is 9.89. The molecule has 7 nitrogen and oxygen atoms in total. The third-order valence-electron chi connectivity index (χ3n) is 4.68. The molecule has 136 valence electrons. The van der Waals surface area contributed by atoms with E-state index in [0.29, 0.717) is 18.8 Å². The van der Waals surface area contributed by atoms with Crippen molar-refractivity contribution >= 4 is 27.7 Å². The molecule has 2 amide bonds. The van der Waals surface area contributed by atoms with Crippen molar-refractivity contribution in [3.05, 3.63) is 29.8 Å². The van der Waals surface area contributed by atoms with Crippen LogP contribution in [0.25, 0.3) is 0 Å². The number of anilines is 1. The molecule has 0 atom stereocenters. The van der Waals surface area contributed by atoms with Gasteiger partial charge in [0.05, 0.1) is 0 Å². The van der Waals surface area contributed by atoms with Crippen molar-refractivity contribution in [1.82, 2.24) is 9.62 Å². The molecule has 0 aliphatic carbocycles. The lowest BCUT2D eigenvalue weighted by Crippen LogP contribution is -2.37. The third kappa shape index (κ3) is 4.58. The summed E-state index contributed by atoms with van der Waals surface area (Å²) >= 11 is 0. The Morgan fingerprint density at radius 1 is 0.920 bits per heavy atom. The normalized spacial score (nSPS) is 20.8. The van der Waals surface area contributed by atoms with Crippen LogP contribution in [0.1, 0.15) is 50.0 Å². The number of carbonyl (C=O) groups is 2. The molecule has 1 aromatic carbocycles. The molecular formula is C17H23N3O4S. The highest BCUT2D eigenvalue weighted by Crippen LogP contribution is 2.27. The van der Waals surface area contributed by atoms with Crippen LogP contribution in [0.3, 0.4) is 0 Å². The Labute approximate surface area is 148 Å². The van der Waals surface area contributed by atoms with Gasteiger partial charge in [0.1, 0.15) is 0 Å². The van der Waals surface area contributed by atoms with Crippen LogP contribution < -0.4 is 10.0 Å². The van der Waals surface area contributed by atoms with Gasteiger partial charge in [-0.3, -0.25) is 19.6 Å². The van der Waals surface area contributed by atoms with E-state index < -0.39 is 10.2 Å². The lowest BCUT2D eigenvalue weighted by molar-refractivity contribution is -0.133. The highest BCUT2D eigenvalue weighted by Gasteiger charge is 2.26. The number of piperidine rings is 1. The lowest BCUT2D eigenvalue weighted by Gasteiger charge is -2.22. The largest absolute Gasteiger partial charge is 0.301 e. The van der Waals surface area contributed by atoms with Crippen LogP contribution in [-0.2, 0) is 19.8 Å². The van der Waals surface area contributed by atoms with Gasteiger partial charge in [-0.2, -0.15) is 12.7 Å². The van der Waals surface area contributed by atoms with Gasteiger partial charge >= 0.3 is 10.2 Å². The summed E-state index contributed by atoms with van der Waals surface area (Å²) < 4.78 is 29.1. The zero-order chi connectivity index (χ0) is 17.9. The van der Waals surface area contributed by atoms with Crippen molar-refractivity contribution in [1.29, 1.82) is 0 Å². The van der Waals surface area contributed by atoms with E-state index in [4.69, 9.17) is 0 Å². The molecule has 2 aliphatic heterocycles. The Kier molecular flexibility index (Phi) is 5.39. The van der Waals surface area contributed by atoms with Crippen LogP contribution in [0.2, 0.25) is 0 Å². The Morgan fingerprint density at radius 2 is 1.48 bits per heavy atom. The number of nitrogens with one attached hydrogen (secondary N) is 2. The number of nitrogens with zero attached hydrogens (tertiary/aromatic N) is 1. The van der Waals surface area contributed by atoms with E-state index in [0.717, 1.165) is 31.2 Å². The van der Waals surface area contributed by atoms with E-state index in [2.05, 4.69) is 10.0 Å². The average molecular weight is 365 g/mol. The van der Waals surface area contributed by atoms with Crippen molar-refractivity contribution in [2.45, 2.75) is 44.4 Å². The number of amides is 2. The van der Waals surface area contributed by atoms with Gasteiger partial charge in [-0.15, -0.1) is 0 Å². The third-order valence-corrected chi connectivity index (χ3v) is 6.21. The van der Waals surface area contributed by atoms with Crippen molar-refractivity contribution in [2.24, 2.45) is 0 Å². The number of imide groups is 1. The summed E-state index contributed by atoms with van der Waals surface area (Å²) in [6.45, 7) is 1.10. The van der Waals surface area contributed by atoms with E-state index in [1.807, 2.05) is 0 Å². The van der Waals surface area contributed by atoms with Crippen LogP contribution in [0, 0.1) is 0 Å². The van der Waals surface area contributed by atoms with Crippen LogP contribution in [0.4, 0.5) is 5.69 Å². The van der Waals surface area contributed by atoms with Gasteiger partial charge in [0, 0.05) is 37.5 Å². The standard InChI is InChI=1S/C17H23N3O4S/c21-16-11-14(12-17(22)18-16)13-5-7-15(8-6-13)19-25(23,24)20-9-3-1-2-4-10-20/h5-8,14,19H,1-4,9-12H2,(H,18,21,22). The fraction of sp³-hybridized carbons (Fsp3) is 0.529. The Balaban J connectivity index is 1.67. The van der Waals surface area contributed by atoms with Gasteiger partial charge in [-0.25, -0.2) is 0 Å². The van der Waals surface area contributed by atoms with E-state index in [-0.39, 0.29) is 30.6 Å². The number of carbonyl (C=O) groups excluding carboxylic acids is 2. The molecule has 3 rings (SSSR count). The van der Waals surface area contributed by atoms with Crippen molar-refractivity contribution in [3.63, 3.8) is 0 Å². The van der Waals surface area contributed by atoms with Crippen LogP contribution in [-0.4, -0.2) is 37.6 Å². The van der Waals surface area contributed by atoms with Gasteiger partial charge in [0.15, 0.2) is 0 Å². The minimum Gasteiger partial charge on any atom is -0.296 e. The average Bonchev–Trinajstić information content (AvgIpc) is 2.84. The molecule has 0 saturated carbocycles. The minimum absolute atomic E-state index is 0.155. The van der Waals surface area contributed by atoms with E-state index in [1.54, 1.807) is 24.3 Å². The molecule has 2 heterocycles. The van der Waals surface area contributed by atoms with Gasteiger partial charge < -0.3 is 0 Å². The van der Waals surface area contributed by atoms with Gasteiger partial charge in [-0.05, 0) is 30.5 Å². The second-order valence-electron chi connectivity index (χ2n) is 6.62. The molecule has 0 spiro atoms. The summed E-state index contributed by atoms with van der Waals surface area (Å²) in [5.74, 6) is -0.697.